The van der Waals surface area contributed by atoms with Gasteiger partial charge in [0.1, 0.15) is 0 Å². The average Bonchev–Trinajstić information content (AvgIpc) is 2.96. The van der Waals surface area contributed by atoms with E-state index in [9.17, 15) is 9.59 Å². The lowest BCUT2D eigenvalue weighted by Gasteiger charge is -2.30. The van der Waals surface area contributed by atoms with Crippen molar-refractivity contribution in [2.75, 3.05) is 51.9 Å². The number of hydrogen-bond donors (Lipinski definition) is 3. The van der Waals surface area contributed by atoms with Crippen molar-refractivity contribution in [2.24, 2.45) is 0 Å². The van der Waals surface area contributed by atoms with Crippen LogP contribution < -0.4 is 10.4 Å². The zero-order valence-electron chi connectivity index (χ0n) is 22.8. The van der Waals surface area contributed by atoms with Crippen LogP contribution in [0.15, 0.2) is 72.8 Å². The third-order valence-electron chi connectivity index (χ3n) is 6.51. The van der Waals surface area contributed by atoms with Crippen LogP contribution >= 0.6 is 0 Å². The maximum Gasteiger partial charge on any atom is 0.324 e. The first-order chi connectivity index (χ1) is 18.9. The normalized spacial score (nSPS) is 10.9. The highest BCUT2D eigenvalue weighted by Crippen LogP contribution is 2.26. The maximum atomic E-state index is 13.6. The maximum absolute atomic E-state index is 13.6. The van der Waals surface area contributed by atoms with Crippen molar-refractivity contribution in [3.05, 3.63) is 89.5 Å². The van der Waals surface area contributed by atoms with Gasteiger partial charge in [-0.3, -0.25) is 19.8 Å². The van der Waals surface area contributed by atoms with Crippen LogP contribution in [0, 0.1) is 0 Å². The lowest BCUT2D eigenvalue weighted by atomic mass is 10.0. The number of anilines is 1. The number of amides is 3. The topological polar surface area (TPSA) is 106 Å². The molecule has 0 aliphatic heterocycles. The number of carbonyl (C=O) groups excluding carboxylic acids is 2. The van der Waals surface area contributed by atoms with Gasteiger partial charge in [-0.15, -0.1) is 0 Å². The number of hydrogen-bond acceptors (Lipinski definition) is 6. The minimum Gasteiger partial charge on any atom is -0.395 e. The SMILES string of the molecule is CCN(CCOC)C(=O)N(Cc1ccc(C(=O)NO)cc1)c1ccc(-c2ccc(CN(C)CCO)cc2)cc1. The minimum atomic E-state index is -0.591. The largest absolute Gasteiger partial charge is 0.395 e. The van der Waals surface area contributed by atoms with Crippen LogP contribution in [0.5, 0.6) is 0 Å². The summed E-state index contributed by atoms with van der Waals surface area (Å²) in [6.45, 7) is 5.20. The zero-order chi connectivity index (χ0) is 28.2. The molecular weight excluding hydrogens is 496 g/mol. The Kier molecular flexibility index (Phi) is 11.4. The molecule has 0 aliphatic rings. The monoisotopic (exact) mass is 534 g/mol. The molecular formula is C30H38N4O5. The molecule has 0 fully saturated rings. The molecule has 0 saturated heterocycles. The van der Waals surface area contributed by atoms with Crippen LogP contribution in [0.3, 0.4) is 0 Å². The Hall–Kier alpha value is -3.76. The zero-order valence-corrected chi connectivity index (χ0v) is 22.8. The first-order valence-electron chi connectivity index (χ1n) is 13.0. The lowest BCUT2D eigenvalue weighted by Crippen LogP contribution is -2.44. The van der Waals surface area contributed by atoms with Crippen LogP contribution in [0.25, 0.3) is 11.1 Å². The van der Waals surface area contributed by atoms with E-state index in [-0.39, 0.29) is 12.6 Å². The van der Waals surface area contributed by atoms with Gasteiger partial charge in [-0.1, -0.05) is 48.5 Å². The molecule has 0 unspecified atom stereocenters. The molecule has 0 radical (unpaired) electrons. The van der Waals surface area contributed by atoms with Gasteiger partial charge in [0.05, 0.1) is 19.8 Å². The average molecular weight is 535 g/mol. The number of nitrogens with one attached hydrogen (secondary N) is 1. The van der Waals surface area contributed by atoms with Crippen LogP contribution in [0.4, 0.5) is 10.5 Å². The summed E-state index contributed by atoms with van der Waals surface area (Å²) < 4.78 is 5.20. The van der Waals surface area contributed by atoms with Crippen LogP contribution in [0.2, 0.25) is 0 Å². The van der Waals surface area contributed by atoms with E-state index >= 15 is 0 Å². The molecule has 0 atom stereocenters. The quantitative estimate of drug-likeness (QED) is 0.226. The van der Waals surface area contributed by atoms with Gasteiger partial charge in [0, 0.05) is 44.5 Å². The number of urea groups is 1. The van der Waals surface area contributed by atoms with E-state index in [1.807, 2.05) is 38.2 Å². The molecule has 9 heteroatoms. The molecule has 0 saturated carbocycles. The molecule has 0 bridgehead atoms. The highest BCUT2D eigenvalue weighted by molar-refractivity contribution is 5.94. The fourth-order valence-electron chi connectivity index (χ4n) is 4.24. The first kappa shape index (κ1) is 29.8. The predicted molar refractivity (Wildman–Crippen MR) is 152 cm³/mol. The molecule has 3 N–H and O–H groups in total. The number of nitrogens with zero attached hydrogens (tertiary/aromatic N) is 3. The van der Waals surface area contributed by atoms with Crippen molar-refractivity contribution >= 4 is 17.6 Å². The van der Waals surface area contributed by atoms with Crippen LogP contribution in [-0.4, -0.2) is 79.1 Å². The van der Waals surface area contributed by atoms with E-state index in [1.54, 1.807) is 46.7 Å². The van der Waals surface area contributed by atoms with E-state index in [4.69, 9.17) is 15.1 Å². The second-order valence-corrected chi connectivity index (χ2v) is 9.28. The molecule has 0 heterocycles. The van der Waals surface area contributed by atoms with Crippen molar-refractivity contribution in [1.29, 1.82) is 0 Å². The number of ether oxygens (including phenoxy) is 1. The van der Waals surface area contributed by atoms with Gasteiger partial charge in [0.25, 0.3) is 5.91 Å². The summed E-state index contributed by atoms with van der Waals surface area (Å²) in [5, 5.41) is 18.0. The summed E-state index contributed by atoms with van der Waals surface area (Å²) in [5.74, 6) is -0.591. The van der Waals surface area contributed by atoms with Crippen molar-refractivity contribution in [3.8, 4) is 11.1 Å². The molecule has 3 aromatic rings. The standard InChI is InChI=1S/C30H38N4O5/c1-4-33(18-20-39-3)30(37)34(22-24-7-11-27(12-8-24)29(36)31-38)28-15-13-26(14-16-28)25-9-5-23(6-10-25)21-32(2)17-19-35/h5-16,35,38H,4,17-22H2,1-3H3,(H,31,36). The molecule has 0 spiro atoms. The Labute approximate surface area is 230 Å². The highest BCUT2D eigenvalue weighted by Gasteiger charge is 2.22. The van der Waals surface area contributed by atoms with Crippen molar-refractivity contribution < 1.29 is 24.6 Å². The number of aliphatic hydroxyl groups excluding tert-OH is 1. The predicted octanol–water partition coefficient (Wildman–Crippen LogP) is 3.99. The van der Waals surface area contributed by atoms with Crippen LogP contribution in [-0.2, 0) is 17.8 Å². The molecule has 39 heavy (non-hydrogen) atoms. The van der Waals surface area contributed by atoms with Gasteiger partial charge in [0.2, 0.25) is 0 Å². The molecule has 3 aromatic carbocycles. The van der Waals surface area contributed by atoms with E-state index in [0.29, 0.717) is 38.3 Å². The number of likely N-dealkylation sites (N-methyl/N-ethyl adjacent to an activating group) is 2. The summed E-state index contributed by atoms with van der Waals surface area (Å²) in [5.41, 5.74) is 6.81. The van der Waals surface area contributed by atoms with Crippen molar-refractivity contribution in [2.45, 2.75) is 20.0 Å². The Morgan fingerprint density at radius 1 is 0.846 bits per heavy atom. The van der Waals surface area contributed by atoms with E-state index in [1.165, 1.54) is 5.56 Å². The highest BCUT2D eigenvalue weighted by atomic mass is 16.5. The third-order valence-corrected chi connectivity index (χ3v) is 6.51. The van der Waals surface area contributed by atoms with Crippen molar-refractivity contribution in [1.82, 2.24) is 15.3 Å². The third kappa shape index (κ3) is 8.36. The molecule has 0 aromatic heterocycles. The summed E-state index contributed by atoms with van der Waals surface area (Å²) >= 11 is 0. The molecule has 0 aliphatic carbocycles. The number of aliphatic hydroxyl groups is 1. The summed E-state index contributed by atoms with van der Waals surface area (Å²) in [4.78, 5) is 30.8. The number of methoxy groups -OCH3 is 1. The fraction of sp³-hybridized carbons (Fsp3) is 0.333. The van der Waals surface area contributed by atoms with Gasteiger partial charge < -0.3 is 14.7 Å². The number of hydroxylamine groups is 1. The number of rotatable bonds is 13. The second-order valence-electron chi connectivity index (χ2n) is 9.28. The summed E-state index contributed by atoms with van der Waals surface area (Å²) in [6, 6.07) is 22.8. The van der Waals surface area contributed by atoms with Gasteiger partial charge >= 0.3 is 6.03 Å². The van der Waals surface area contributed by atoms with Gasteiger partial charge in [-0.25, -0.2) is 10.3 Å². The molecule has 9 nitrogen and oxygen atoms in total. The van der Waals surface area contributed by atoms with E-state index in [0.717, 1.165) is 28.9 Å². The Bertz CT molecular complexity index is 1180. The van der Waals surface area contributed by atoms with Gasteiger partial charge in [0.15, 0.2) is 0 Å². The smallest absolute Gasteiger partial charge is 0.324 e. The summed E-state index contributed by atoms with van der Waals surface area (Å²) in [6.07, 6.45) is 0. The minimum absolute atomic E-state index is 0.134. The molecule has 208 valence electrons. The van der Waals surface area contributed by atoms with E-state index in [2.05, 4.69) is 29.2 Å². The number of benzene rings is 3. The Morgan fingerprint density at radius 2 is 1.41 bits per heavy atom. The molecule has 3 amide bonds. The number of carbonyl (C=O) groups is 2. The van der Waals surface area contributed by atoms with Crippen molar-refractivity contribution in [3.63, 3.8) is 0 Å². The fourth-order valence-corrected chi connectivity index (χ4v) is 4.24. The second kappa shape index (κ2) is 15.0. The van der Waals surface area contributed by atoms with E-state index < -0.39 is 5.91 Å². The first-order valence-corrected chi connectivity index (χ1v) is 13.0. The van der Waals surface area contributed by atoms with Gasteiger partial charge in [-0.2, -0.15) is 0 Å². The Balaban J connectivity index is 1.83. The summed E-state index contributed by atoms with van der Waals surface area (Å²) in [7, 11) is 3.59. The Morgan fingerprint density at radius 3 is 1.95 bits per heavy atom. The lowest BCUT2D eigenvalue weighted by molar-refractivity contribution is 0.0706. The molecule has 3 rings (SSSR count). The van der Waals surface area contributed by atoms with Crippen LogP contribution in [0.1, 0.15) is 28.4 Å². The van der Waals surface area contributed by atoms with Gasteiger partial charge in [-0.05, 0) is 60.5 Å².